The van der Waals surface area contributed by atoms with Gasteiger partial charge in [0.25, 0.3) is 10.0 Å². The van der Waals surface area contributed by atoms with Crippen LogP contribution in [-0.4, -0.2) is 35.4 Å². The molecule has 0 bridgehead atoms. The highest BCUT2D eigenvalue weighted by molar-refractivity contribution is 7.92. The van der Waals surface area contributed by atoms with Gasteiger partial charge in [-0.3, -0.25) is 4.72 Å². The smallest absolute Gasteiger partial charge is 0.406 e. The highest BCUT2D eigenvalue weighted by Gasteiger charge is 2.31. The molecule has 3 aromatic rings. The van der Waals surface area contributed by atoms with Gasteiger partial charge in [0.1, 0.15) is 5.75 Å². The van der Waals surface area contributed by atoms with E-state index in [0.717, 1.165) is 24.3 Å². The van der Waals surface area contributed by atoms with Crippen molar-refractivity contribution in [2.75, 3.05) is 4.72 Å². The molecule has 26 heavy (non-hydrogen) atoms. The Bertz CT molecular complexity index is 989. The lowest BCUT2D eigenvalue weighted by atomic mass is 10.2. The number of hydrogen-bond acceptors (Lipinski definition) is 6. The molecule has 2 N–H and O–H groups in total. The molecule has 3 rings (SSSR count). The topological polar surface area (TPSA) is 110 Å². The second-order valence-electron chi connectivity index (χ2n) is 4.94. The molecular formula is C14H10F3N5O3S. The van der Waals surface area contributed by atoms with Gasteiger partial charge in [-0.1, -0.05) is 12.1 Å². The lowest BCUT2D eigenvalue weighted by molar-refractivity contribution is -0.274. The molecule has 0 radical (unpaired) electrons. The monoisotopic (exact) mass is 385 g/mol. The molecule has 136 valence electrons. The van der Waals surface area contributed by atoms with Crippen LogP contribution in [-0.2, 0) is 10.0 Å². The van der Waals surface area contributed by atoms with E-state index in [1.54, 1.807) is 12.1 Å². The predicted molar refractivity (Wildman–Crippen MR) is 83.5 cm³/mol. The van der Waals surface area contributed by atoms with Gasteiger partial charge in [-0.05, 0) is 41.6 Å². The Balaban J connectivity index is 1.80. The Kier molecular flexibility index (Phi) is 4.50. The fourth-order valence-electron chi connectivity index (χ4n) is 2.04. The molecule has 1 heterocycles. The molecule has 8 nitrogen and oxygen atoms in total. The number of alkyl halides is 3. The molecule has 0 aliphatic rings. The zero-order valence-corrected chi connectivity index (χ0v) is 13.5. The summed E-state index contributed by atoms with van der Waals surface area (Å²) in [7, 11) is -4.01. The summed E-state index contributed by atoms with van der Waals surface area (Å²) in [6.45, 7) is 0. The molecule has 1 aromatic heterocycles. The largest absolute Gasteiger partial charge is 0.573 e. The van der Waals surface area contributed by atoms with Crippen LogP contribution in [0.25, 0.3) is 11.4 Å². The van der Waals surface area contributed by atoms with Crippen molar-refractivity contribution in [1.82, 2.24) is 20.6 Å². The lowest BCUT2D eigenvalue weighted by Gasteiger charge is -2.11. The molecule has 0 saturated heterocycles. The number of sulfonamides is 1. The lowest BCUT2D eigenvalue weighted by Crippen LogP contribution is -2.17. The fraction of sp³-hybridized carbons (Fsp3) is 0.0714. The third-order valence-corrected chi connectivity index (χ3v) is 4.48. The number of rotatable bonds is 5. The molecule has 0 aliphatic heterocycles. The van der Waals surface area contributed by atoms with E-state index in [1.165, 1.54) is 12.1 Å². The molecule has 0 atom stereocenters. The summed E-state index contributed by atoms with van der Waals surface area (Å²) in [5.41, 5.74) is 0.746. The fourth-order valence-corrected chi connectivity index (χ4v) is 3.09. The molecule has 0 unspecified atom stereocenters. The average molecular weight is 385 g/mol. The van der Waals surface area contributed by atoms with E-state index in [1.807, 2.05) is 0 Å². The SMILES string of the molecule is O=S(=O)(Nc1cccc(-c2nn[nH]n2)c1)c1ccc(OC(F)(F)F)cc1. The Morgan fingerprint density at radius 2 is 1.81 bits per heavy atom. The molecular weight excluding hydrogens is 375 g/mol. The normalized spacial score (nSPS) is 12.0. The molecule has 12 heteroatoms. The number of hydrogen-bond donors (Lipinski definition) is 2. The van der Waals surface area contributed by atoms with Crippen LogP contribution in [0.3, 0.4) is 0 Å². The number of anilines is 1. The van der Waals surface area contributed by atoms with E-state index in [9.17, 15) is 21.6 Å². The first-order chi connectivity index (χ1) is 12.2. The third kappa shape index (κ3) is 4.27. The third-order valence-electron chi connectivity index (χ3n) is 3.09. The zero-order chi connectivity index (χ0) is 18.8. The predicted octanol–water partition coefficient (Wildman–Crippen LogP) is 2.57. The minimum atomic E-state index is -4.85. The molecule has 0 fully saturated rings. The van der Waals surface area contributed by atoms with Gasteiger partial charge in [0, 0.05) is 11.3 Å². The number of H-pyrrole nitrogens is 1. The highest BCUT2D eigenvalue weighted by atomic mass is 32.2. The number of tetrazole rings is 1. The van der Waals surface area contributed by atoms with Crippen molar-refractivity contribution in [2.45, 2.75) is 11.3 Å². The molecule has 0 amide bonds. The maximum Gasteiger partial charge on any atom is 0.573 e. The number of aromatic amines is 1. The van der Waals surface area contributed by atoms with E-state index < -0.39 is 22.1 Å². The van der Waals surface area contributed by atoms with Gasteiger partial charge >= 0.3 is 6.36 Å². The van der Waals surface area contributed by atoms with E-state index in [-0.39, 0.29) is 16.4 Å². The van der Waals surface area contributed by atoms with Gasteiger partial charge < -0.3 is 4.74 Å². The minimum Gasteiger partial charge on any atom is -0.406 e. The van der Waals surface area contributed by atoms with Crippen LogP contribution in [0.15, 0.2) is 53.4 Å². The quantitative estimate of drug-likeness (QED) is 0.699. The first kappa shape index (κ1) is 17.7. The maximum atomic E-state index is 12.4. The molecule has 0 aliphatic carbocycles. The van der Waals surface area contributed by atoms with Crippen LogP contribution in [0, 0.1) is 0 Å². The van der Waals surface area contributed by atoms with Crippen molar-refractivity contribution < 1.29 is 26.3 Å². The van der Waals surface area contributed by atoms with Gasteiger partial charge in [0.15, 0.2) is 0 Å². The summed E-state index contributed by atoms with van der Waals surface area (Å²) in [5.74, 6) is -0.241. The number of halogens is 3. The first-order valence-electron chi connectivity index (χ1n) is 6.95. The van der Waals surface area contributed by atoms with E-state index >= 15 is 0 Å². The number of nitrogens with one attached hydrogen (secondary N) is 2. The van der Waals surface area contributed by atoms with E-state index in [2.05, 4.69) is 30.1 Å². The second-order valence-corrected chi connectivity index (χ2v) is 6.62. The van der Waals surface area contributed by atoms with Crippen molar-refractivity contribution in [3.63, 3.8) is 0 Å². The Morgan fingerprint density at radius 1 is 1.08 bits per heavy atom. The van der Waals surface area contributed by atoms with Crippen molar-refractivity contribution in [3.8, 4) is 17.1 Å². The number of aromatic nitrogens is 4. The van der Waals surface area contributed by atoms with Crippen LogP contribution in [0.5, 0.6) is 5.75 Å². The molecule has 0 spiro atoms. The van der Waals surface area contributed by atoms with Gasteiger partial charge in [-0.2, -0.15) is 5.21 Å². The number of benzene rings is 2. The number of ether oxygens (including phenoxy) is 1. The molecule has 2 aromatic carbocycles. The average Bonchev–Trinajstić information content (AvgIpc) is 3.08. The van der Waals surface area contributed by atoms with Crippen molar-refractivity contribution in [2.24, 2.45) is 0 Å². The van der Waals surface area contributed by atoms with Crippen LogP contribution >= 0.6 is 0 Å². The summed E-state index contributed by atoms with van der Waals surface area (Å²) < 4.78 is 67.2. The van der Waals surface area contributed by atoms with Crippen molar-refractivity contribution in [3.05, 3.63) is 48.5 Å². The molecule has 0 saturated carbocycles. The van der Waals surface area contributed by atoms with Crippen LogP contribution in [0.2, 0.25) is 0 Å². The van der Waals surface area contributed by atoms with Gasteiger partial charge in [0.05, 0.1) is 4.90 Å². The van der Waals surface area contributed by atoms with Crippen molar-refractivity contribution in [1.29, 1.82) is 0 Å². The standard InChI is InChI=1S/C14H10F3N5O3S/c15-14(16,17)25-11-4-6-12(7-5-11)26(23,24)20-10-3-1-2-9(8-10)13-18-21-22-19-13/h1-8,20H,(H,18,19,21,22). The van der Waals surface area contributed by atoms with Crippen molar-refractivity contribution >= 4 is 15.7 Å². The zero-order valence-electron chi connectivity index (χ0n) is 12.7. The first-order valence-corrected chi connectivity index (χ1v) is 8.44. The summed E-state index contributed by atoms with van der Waals surface area (Å²) in [4.78, 5) is -0.225. The summed E-state index contributed by atoms with van der Waals surface area (Å²) in [6.07, 6.45) is -4.85. The Labute approximate surface area is 145 Å². The van der Waals surface area contributed by atoms with Crippen LogP contribution in [0.1, 0.15) is 0 Å². The maximum absolute atomic E-state index is 12.4. The Hall–Kier alpha value is -3.15. The highest BCUT2D eigenvalue weighted by Crippen LogP contribution is 2.25. The van der Waals surface area contributed by atoms with Gasteiger partial charge in [-0.25, -0.2) is 8.42 Å². The van der Waals surface area contributed by atoms with E-state index in [0.29, 0.717) is 5.56 Å². The summed E-state index contributed by atoms with van der Waals surface area (Å²) in [5, 5.41) is 13.3. The van der Waals surface area contributed by atoms with Crippen LogP contribution in [0.4, 0.5) is 18.9 Å². The van der Waals surface area contributed by atoms with E-state index in [4.69, 9.17) is 0 Å². The Morgan fingerprint density at radius 3 is 2.42 bits per heavy atom. The summed E-state index contributed by atoms with van der Waals surface area (Å²) >= 11 is 0. The van der Waals surface area contributed by atoms with Gasteiger partial charge in [-0.15, -0.1) is 23.4 Å². The number of nitrogens with zero attached hydrogens (tertiary/aromatic N) is 3. The summed E-state index contributed by atoms with van der Waals surface area (Å²) in [6, 6.07) is 10.1. The van der Waals surface area contributed by atoms with Crippen LogP contribution < -0.4 is 9.46 Å². The van der Waals surface area contributed by atoms with Gasteiger partial charge in [0.2, 0.25) is 5.82 Å². The second kappa shape index (κ2) is 6.63. The minimum absolute atomic E-state index is 0.225.